The first-order valence-corrected chi connectivity index (χ1v) is 11.0. The maximum atomic E-state index is 13.8. The molecule has 33 heavy (non-hydrogen) atoms. The van der Waals surface area contributed by atoms with Crippen molar-refractivity contribution in [2.75, 3.05) is 58.2 Å². The van der Waals surface area contributed by atoms with Crippen LogP contribution >= 0.6 is 12.2 Å². The number of fused-ring (bicyclic) bond motifs is 1. The van der Waals surface area contributed by atoms with Crippen molar-refractivity contribution in [3.8, 4) is 11.5 Å². The summed E-state index contributed by atoms with van der Waals surface area (Å²) in [4.78, 5) is 0. The van der Waals surface area contributed by atoms with Crippen LogP contribution in [-0.4, -0.2) is 63.7 Å². The van der Waals surface area contributed by atoms with Crippen molar-refractivity contribution < 1.29 is 28.1 Å². The van der Waals surface area contributed by atoms with Crippen molar-refractivity contribution in [1.82, 2.24) is 5.43 Å². The van der Waals surface area contributed by atoms with Crippen LogP contribution < -0.4 is 20.2 Å². The first-order valence-electron chi connectivity index (χ1n) is 10.6. The van der Waals surface area contributed by atoms with E-state index in [2.05, 4.69) is 15.8 Å². The van der Waals surface area contributed by atoms with Gasteiger partial charge in [0.2, 0.25) is 0 Å². The van der Waals surface area contributed by atoms with Crippen LogP contribution in [0.25, 0.3) is 0 Å². The Hall–Kier alpha value is -2.79. The molecule has 0 amide bonds. The highest BCUT2D eigenvalue weighted by Gasteiger charge is 2.10. The Bertz CT molecular complexity index is 944. The number of rotatable bonds is 3. The van der Waals surface area contributed by atoms with Crippen LogP contribution in [0.4, 0.5) is 10.1 Å². The molecule has 10 heteroatoms. The third-order valence-electron chi connectivity index (χ3n) is 4.52. The molecule has 0 saturated heterocycles. The summed E-state index contributed by atoms with van der Waals surface area (Å²) in [6.45, 7) is 5.46. The molecule has 0 aliphatic carbocycles. The predicted molar refractivity (Wildman–Crippen MR) is 128 cm³/mol. The van der Waals surface area contributed by atoms with Gasteiger partial charge in [0.15, 0.2) is 16.6 Å². The summed E-state index contributed by atoms with van der Waals surface area (Å²) < 4.78 is 41.9. The van der Waals surface area contributed by atoms with Crippen LogP contribution in [0.3, 0.4) is 0 Å². The van der Waals surface area contributed by atoms with E-state index in [0.29, 0.717) is 70.1 Å². The largest absolute Gasteiger partial charge is 0.487 e. The van der Waals surface area contributed by atoms with Gasteiger partial charge in [-0.25, -0.2) is 4.39 Å². The summed E-state index contributed by atoms with van der Waals surface area (Å²) in [7, 11) is 0. The SMILES string of the molecule is C/C(=N\NC(=S)Nc1ccccc1F)c1ccc2c(c1)OCCOCCOCCOCCO2. The van der Waals surface area contributed by atoms with Gasteiger partial charge in [-0.05, 0) is 49.5 Å². The molecule has 1 heterocycles. The summed E-state index contributed by atoms with van der Waals surface area (Å²) in [5, 5.41) is 7.25. The molecule has 0 fully saturated rings. The van der Waals surface area contributed by atoms with Crippen molar-refractivity contribution in [3.05, 3.63) is 53.8 Å². The Kier molecular flexibility index (Phi) is 10.3. The molecule has 2 aromatic rings. The van der Waals surface area contributed by atoms with Crippen LogP contribution in [0.1, 0.15) is 12.5 Å². The monoisotopic (exact) mass is 477 g/mol. The van der Waals surface area contributed by atoms with Crippen LogP contribution in [0.2, 0.25) is 0 Å². The third-order valence-corrected chi connectivity index (χ3v) is 4.72. The molecule has 178 valence electrons. The highest BCUT2D eigenvalue weighted by atomic mass is 32.1. The molecule has 0 spiro atoms. The van der Waals surface area contributed by atoms with E-state index < -0.39 is 5.82 Å². The highest BCUT2D eigenvalue weighted by Crippen LogP contribution is 2.29. The number of nitrogens with one attached hydrogen (secondary N) is 2. The molecule has 2 N–H and O–H groups in total. The second-order valence-corrected chi connectivity index (χ2v) is 7.35. The zero-order valence-corrected chi connectivity index (χ0v) is 19.3. The Morgan fingerprint density at radius 1 is 0.848 bits per heavy atom. The van der Waals surface area contributed by atoms with Gasteiger partial charge in [-0.1, -0.05) is 12.1 Å². The lowest BCUT2D eigenvalue weighted by atomic mass is 10.1. The predicted octanol–water partition coefficient (Wildman–Crippen LogP) is 3.36. The maximum Gasteiger partial charge on any atom is 0.191 e. The van der Waals surface area contributed by atoms with Gasteiger partial charge in [-0.2, -0.15) is 5.10 Å². The number of anilines is 1. The van der Waals surface area contributed by atoms with Gasteiger partial charge in [-0.3, -0.25) is 5.43 Å². The number of hydrogen-bond acceptors (Lipinski definition) is 7. The average Bonchev–Trinajstić information content (AvgIpc) is 2.83. The van der Waals surface area contributed by atoms with Crippen LogP contribution in [0, 0.1) is 5.82 Å². The minimum absolute atomic E-state index is 0.175. The van der Waals surface area contributed by atoms with E-state index in [-0.39, 0.29) is 10.8 Å². The summed E-state index contributed by atoms with van der Waals surface area (Å²) in [5.41, 5.74) is 4.47. The molecule has 0 saturated carbocycles. The van der Waals surface area contributed by atoms with E-state index in [1.807, 2.05) is 25.1 Å². The molecule has 0 aromatic heterocycles. The molecule has 0 radical (unpaired) electrons. The van der Waals surface area contributed by atoms with Crippen molar-refractivity contribution in [2.24, 2.45) is 5.10 Å². The number of benzene rings is 2. The smallest absolute Gasteiger partial charge is 0.191 e. The Labute approximate surface area is 198 Å². The normalized spacial score (nSPS) is 16.2. The van der Waals surface area contributed by atoms with Gasteiger partial charge >= 0.3 is 0 Å². The van der Waals surface area contributed by atoms with E-state index in [1.54, 1.807) is 18.2 Å². The standard InChI is InChI=1S/C23H28FN3O5S/c1-17(26-27-23(33)25-20-5-3-2-4-19(20)24)18-6-7-21-22(16-18)32-15-13-30-11-9-28-8-10-29-12-14-31-21/h2-7,16H,8-15H2,1H3,(H2,25,27,33)/b26-17+. The van der Waals surface area contributed by atoms with Gasteiger partial charge in [0, 0.05) is 5.56 Å². The van der Waals surface area contributed by atoms with E-state index >= 15 is 0 Å². The fourth-order valence-electron chi connectivity index (χ4n) is 2.84. The van der Waals surface area contributed by atoms with Gasteiger partial charge in [0.05, 0.1) is 51.0 Å². The highest BCUT2D eigenvalue weighted by molar-refractivity contribution is 7.80. The summed E-state index contributed by atoms with van der Waals surface area (Å²) in [6.07, 6.45) is 0. The minimum atomic E-state index is -0.400. The lowest BCUT2D eigenvalue weighted by Crippen LogP contribution is -2.25. The van der Waals surface area contributed by atoms with Gasteiger partial charge in [0.1, 0.15) is 19.0 Å². The van der Waals surface area contributed by atoms with Crippen molar-refractivity contribution >= 4 is 28.7 Å². The quantitative estimate of drug-likeness (QED) is 0.396. The summed E-state index contributed by atoms with van der Waals surface area (Å²) in [6, 6.07) is 11.8. The number of halogens is 1. The topological polar surface area (TPSA) is 82.6 Å². The van der Waals surface area contributed by atoms with Crippen LogP contribution in [0.15, 0.2) is 47.6 Å². The average molecular weight is 478 g/mol. The zero-order valence-electron chi connectivity index (χ0n) is 18.5. The molecular formula is C23H28FN3O5S. The van der Waals surface area contributed by atoms with Crippen molar-refractivity contribution in [3.63, 3.8) is 0 Å². The van der Waals surface area contributed by atoms with Crippen molar-refractivity contribution in [2.45, 2.75) is 6.92 Å². The number of ether oxygens (including phenoxy) is 5. The molecule has 3 rings (SSSR count). The fourth-order valence-corrected chi connectivity index (χ4v) is 3.00. The molecule has 1 aliphatic heterocycles. The van der Waals surface area contributed by atoms with E-state index in [0.717, 1.165) is 5.56 Å². The number of hydrazone groups is 1. The van der Waals surface area contributed by atoms with Gasteiger partial charge < -0.3 is 29.0 Å². The first kappa shape index (κ1) is 24.8. The fraction of sp³-hybridized carbons (Fsp3) is 0.391. The molecule has 0 unspecified atom stereocenters. The van der Waals surface area contributed by atoms with E-state index in [1.165, 1.54) is 6.07 Å². The number of para-hydroxylation sites is 1. The minimum Gasteiger partial charge on any atom is -0.487 e. The molecule has 0 bridgehead atoms. The maximum absolute atomic E-state index is 13.8. The molecule has 0 atom stereocenters. The second-order valence-electron chi connectivity index (χ2n) is 6.94. The third kappa shape index (κ3) is 8.58. The van der Waals surface area contributed by atoms with Crippen LogP contribution in [-0.2, 0) is 14.2 Å². The lowest BCUT2D eigenvalue weighted by molar-refractivity contribution is 0.00708. The number of nitrogens with zero attached hydrogens (tertiary/aromatic N) is 1. The van der Waals surface area contributed by atoms with E-state index in [9.17, 15) is 4.39 Å². The summed E-state index contributed by atoms with van der Waals surface area (Å²) >= 11 is 5.20. The Balaban J connectivity index is 1.64. The Morgan fingerprint density at radius 2 is 1.45 bits per heavy atom. The first-order chi connectivity index (χ1) is 16.1. The summed E-state index contributed by atoms with van der Waals surface area (Å²) in [5.74, 6) is 0.776. The van der Waals surface area contributed by atoms with Crippen LogP contribution in [0.5, 0.6) is 11.5 Å². The lowest BCUT2D eigenvalue weighted by Gasteiger charge is -2.14. The van der Waals surface area contributed by atoms with Crippen molar-refractivity contribution in [1.29, 1.82) is 0 Å². The zero-order chi connectivity index (χ0) is 23.3. The molecule has 2 aromatic carbocycles. The number of hydrogen-bond donors (Lipinski definition) is 2. The number of thiocarbonyl (C=S) groups is 1. The van der Waals surface area contributed by atoms with Gasteiger partial charge in [-0.15, -0.1) is 0 Å². The second kappa shape index (κ2) is 13.7. The molecular weight excluding hydrogens is 449 g/mol. The van der Waals surface area contributed by atoms with Gasteiger partial charge in [0.25, 0.3) is 0 Å². The molecule has 8 nitrogen and oxygen atoms in total. The Morgan fingerprint density at radius 3 is 2.12 bits per heavy atom. The van der Waals surface area contributed by atoms with E-state index in [4.69, 9.17) is 35.9 Å². The molecule has 1 aliphatic rings.